The quantitative estimate of drug-likeness (QED) is 0.601. The number of aryl methyl sites for hydroxylation is 1. The van der Waals surface area contributed by atoms with Crippen molar-refractivity contribution >= 4 is 11.7 Å². The number of carbonyl (C=O) groups is 1. The van der Waals surface area contributed by atoms with Crippen molar-refractivity contribution in [3.8, 4) is 11.5 Å². The maximum Gasteiger partial charge on any atom is 0.310 e. The predicted molar refractivity (Wildman–Crippen MR) is 99.7 cm³/mol. The highest BCUT2D eigenvalue weighted by atomic mass is 16.5. The number of hydrogen-bond donors (Lipinski definition) is 0. The Morgan fingerprint density at radius 1 is 1.28 bits per heavy atom. The maximum atomic E-state index is 11.5. The lowest BCUT2D eigenvalue weighted by Gasteiger charge is -2.33. The van der Waals surface area contributed by atoms with Gasteiger partial charge >= 0.3 is 5.97 Å². The molecule has 0 spiro atoms. The molecule has 0 saturated heterocycles. The Bertz CT molecular complexity index is 757. The molecule has 0 amide bonds. The zero-order valence-corrected chi connectivity index (χ0v) is 15.1. The minimum atomic E-state index is -0.200. The van der Waals surface area contributed by atoms with Gasteiger partial charge in [0.2, 0.25) is 0 Å². The number of carbonyl (C=O) groups excluding carboxylic acids is 1. The Kier molecular flexibility index (Phi) is 5.27. The van der Waals surface area contributed by atoms with Gasteiger partial charge in [-0.3, -0.25) is 4.79 Å². The van der Waals surface area contributed by atoms with Gasteiger partial charge in [0.25, 0.3) is 0 Å². The molecule has 0 radical (unpaired) electrons. The van der Waals surface area contributed by atoms with Crippen molar-refractivity contribution in [1.29, 1.82) is 0 Å². The van der Waals surface area contributed by atoms with Crippen molar-refractivity contribution in [3.63, 3.8) is 0 Å². The Balaban J connectivity index is 1.73. The second kappa shape index (κ2) is 7.60. The van der Waals surface area contributed by atoms with E-state index in [9.17, 15) is 4.79 Å². The third-order valence-corrected chi connectivity index (χ3v) is 4.60. The number of fused-ring (bicyclic) bond motifs is 1. The lowest BCUT2D eigenvalue weighted by Crippen LogP contribution is -2.35. The Hall–Kier alpha value is -2.49. The molecule has 2 aromatic rings. The highest BCUT2D eigenvalue weighted by Gasteiger charge is 2.20. The van der Waals surface area contributed by atoms with Crippen molar-refractivity contribution < 1.29 is 14.3 Å². The first-order chi connectivity index (χ1) is 12.1. The van der Waals surface area contributed by atoms with Gasteiger partial charge in [-0.25, -0.2) is 0 Å². The molecule has 25 heavy (non-hydrogen) atoms. The molecule has 2 aromatic carbocycles. The molecule has 0 saturated carbocycles. The lowest BCUT2D eigenvalue weighted by atomic mass is 9.98. The molecule has 1 unspecified atom stereocenters. The van der Waals surface area contributed by atoms with Crippen molar-refractivity contribution in [2.24, 2.45) is 0 Å². The molecule has 1 heterocycles. The van der Waals surface area contributed by atoms with Crippen LogP contribution in [0.1, 0.15) is 37.3 Å². The third kappa shape index (κ3) is 3.95. The van der Waals surface area contributed by atoms with Crippen LogP contribution < -0.4 is 14.4 Å². The summed E-state index contributed by atoms with van der Waals surface area (Å²) in [7, 11) is 0. The minimum absolute atomic E-state index is 0.200. The SMILES string of the molecule is CCC(=O)Oc1ccc(C(C)CN2CCOc3ccccc32)cc1C. The van der Waals surface area contributed by atoms with Gasteiger partial charge in [0, 0.05) is 13.0 Å². The summed E-state index contributed by atoms with van der Waals surface area (Å²) >= 11 is 0. The first-order valence-corrected chi connectivity index (χ1v) is 8.86. The second-order valence-corrected chi connectivity index (χ2v) is 6.52. The van der Waals surface area contributed by atoms with Gasteiger partial charge in [-0.15, -0.1) is 0 Å². The van der Waals surface area contributed by atoms with Gasteiger partial charge in [0.15, 0.2) is 0 Å². The van der Waals surface area contributed by atoms with Gasteiger partial charge in [0.1, 0.15) is 18.1 Å². The molecule has 4 heteroatoms. The molecular formula is C21H25NO3. The zero-order chi connectivity index (χ0) is 17.8. The number of anilines is 1. The third-order valence-electron chi connectivity index (χ3n) is 4.60. The summed E-state index contributed by atoms with van der Waals surface area (Å²) in [5.74, 6) is 1.77. The Morgan fingerprint density at radius 3 is 2.84 bits per heavy atom. The standard InChI is InChI=1S/C21H25NO3/c1-4-21(23)25-19-10-9-17(13-15(19)2)16(3)14-22-11-12-24-20-8-6-5-7-18(20)22/h5-10,13,16H,4,11-12,14H2,1-3H3. The van der Waals surface area contributed by atoms with E-state index in [0.717, 1.165) is 30.1 Å². The van der Waals surface area contributed by atoms with Crippen molar-refractivity contribution in [1.82, 2.24) is 0 Å². The average molecular weight is 339 g/mol. The molecule has 1 atom stereocenters. The molecule has 0 aromatic heterocycles. The topological polar surface area (TPSA) is 38.8 Å². The Morgan fingerprint density at radius 2 is 2.08 bits per heavy atom. The number of esters is 1. The van der Waals surface area contributed by atoms with E-state index in [4.69, 9.17) is 9.47 Å². The fraction of sp³-hybridized carbons (Fsp3) is 0.381. The van der Waals surface area contributed by atoms with Crippen LogP contribution in [-0.2, 0) is 4.79 Å². The molecule has 1 aliphatic heterocycles. The van der Waals surface area contributed by atoms with E-state index in [-0.39, 0.29) is 5.97 Å². The van der Waals surface area contributed by atoms with Crippen molar-refractivity contribution in [3.05, 3.63) is 53.6 Å². The lowest BCUT2D eigenvalue weighted by molar-refractivity contribution is -0.134. The van der Waals surface area contributed by atoms with E-state index in [2.05, 4.69) is 30.0 Å². The number of hydrogen-bond acceptors (Lipinski definition) is 4. The van der Waals surface area contributed by atoms with E-state index in [1.165, 1.54) is 5.56 Å². The average Bonchev–Trinajstić information content (AvgIpc) is 2.63. The van der Waals surface area contributed by atoms with Gasteiger partial charge in [-0.05, 0) is 42.2 Å². The van der Waals surface area contributed by atoms with Gasteiger partial charge in [-0.1, -0.05) is 38.1 Å². The van der Waals surface area contributed by atoms with E-state index < -0.39 is 0 Å². The number of rotatable bonds is 5. The smallest absolute Gasteiger partial charge is 0.310 e. The minimum Gasteiger partial charge on any atom is -0.490 e. The monoisotopic (exact) mass is 339 g/mol. The molecule has 0 fully saturated rings. The molecule has 0 N–H and O–H groups in total. The van der Waals surface area contributed by atoms with Gasteiger partial charge in [-0.2, -0.15) is 0 Å². The maximum absolute atomic E-state index is 11.5. The van der Waals surface area contributed by atoms with Crippen molar-refractivity contribution in [2.75, 3.05) is 24.6 Å². The molecule has 0 aliphatic carbocycles. The zero-order valence-electron chi connectivity index (χ0n) is 15.1. The van der Waals surface area contributed by atoms with E-state index in [1.54, 1.807) is 6.92 Å². The predicted octanol–water partition coefficient (Wildman–Crippen LogP) is 4.31. The Labute approximate surface area is 149 Å². The fourth-order valence-corrected chi connectivity index (χ4v) is 3.14. The summed E-state index contributed by atoms with van der Waals surface area (Å²) in [6, 6.07) is 14.3. The van der Waals surface area contributed by atoms with E-state index in [0.29, 0.717) is 24.7 Å². The summed E-state index contributed by atoms with van der Waals surface area (Å²) < 4.78 is 11.1. The summed E-state index contributed by atoms with van der Waals surface area (Å²) in [6.07, 6.45) is 0.383. The van der Waals surface area contributed by atoms with Crippen LogP contribution >= 0.6 is 0 Å². The first-order valence-electron chi connectivity index (χ1n) is 8.86. The number of nitrogens with zero attached hydrogens (tertiary/aromatic N) is 1. The van der Waals surface area contributed by atoms with Crippen LogP contribution in [0.4, 0.5) is 5.69 Å². The van der Waals surface area contributed by atoms with Gasteiger partial charge < -0.3 is 14.4 Å². The van der Waals surface area contributed by atoms with Crippen LogP contribution in [0.15, 0.2) is 42.5 Å². The second-order valence-electron chi connectivity index (χ2n) is 6.52. The number of benzene rings is 2. The highest BCUT2D eigenvalue weighted by Crippen LogP contribution is 2.33. The molecule has 1 aliphatic rings. The van der Waals surface area contributed by atoms with Crippen LogP contribution in [0.25, 0.3) is 0 Å². The fourth-order valence-electron chi connectivity index (χ4n) is 3.14. The molecular weight excluding hydrogens is 314 g/mol. The normalized spacial score (nSPS) is 14.4. The summed E-state index contributed by atoms with van der Waals surface area (Å²) in [6.45, 7) is 8.55. The van der Waals surface area contributed by atoms with Crippen molar-refractivity contribution in [2.45, 2.75) is 33.1 Å². The largest absolute Gasteiger partial charge is 0.490 e. The van der Waals surface area contributed by atoms with E-state index >= 15 is 0 Å². The summed E-state index contributed by atoms with van der Waals surface area (Å²) in [5.41, 5.74) is 3.40. The van der Waals surface area contributed by atoms with Crippen LogP contribution in [-0.4, -0.2) is 25.7 Å². The first kappa shape index (κ1) is 17.3. The molecule has 3 rings (SSSR count). The van der Waals surface area contributed by atoms with E-state index in [1.807, 2.05) is 31.2 Å². The number of para-hydroxylation sites is 2. The molecule has 0 bridgehead atoms. The van der Waals surface area contributed by atoms with Gasteiger partial charge in [0.05, 0.1) is 12.2 Å². The highest BCUT2D eigenvalue weighted by molar-refractivity contribution is 5.72. The van der Waals surface area contributed by atoms with Crippen LogP contribution in [0, 0.1) is 6.92 Å². The van der Waals surface area contributed by atoms with Crippen LogP contribution in [0.5, 0.6) is 11.5 Å². The number of ether oxygens (including phenoxy) is 2. The van der Waals surface area contributed by atoms with Crippen LogP contribution in [0.3, 0.4) is 0 Å². The summed E-state index contributed by atoms with van der Waals surface area (Å²) in [4.78, 5) is 13.9. The molecule has 132 valence electrons. The summed E-state index contributed by atoms with van der Waals surface area (Å²) in [5, 5.41) is 0. The molecule has 4 nitrogen and oxygen atoms in total. The van der Waals surface area contributed by atoms with Crippen LogP contribution in [0.2, 0.25) is 0 Å².